The fourth-order valence-electron chi connectivity index (χ4n) is 2.71. The Hall–Kier alpha value is -2.67. The van der Waals surface area contributed by atoms with Gasteiger partial charge in [0.2, 0.25) is 0 Å². The number of hydrogen-bond donors (Lipinski definition) is 0. The van der Waals surface area contributed by atoms with Crippen LogP contribution in [0.15, 0.2) is 34.8 Å². The molecule has 0 amide bonds. The lowest BCUT2D eigenvalue weighted by Gasteiger charge is -2.17. The summed E-state index contributed by atoms with van der Waals surface area (Å²) in [6.45, 7) is 0. The average Bonchev–Trinajstić information content (AvgIpc) is 2.71. The zero-order valence-corrected chi connectivity index (χ0v) is 18.4. The van der Waals surface area contributed by atoms with Gasteiger partial charge in [-0.25, -0.2) is 0 Å². The topological polar surface area (TPSA) is 57.2 Å². The highest BCUT2D eigenvalue weighted by molar-refractivity contribution is 9.12. The maximum absolute atomic E-state index is 13.0. The lowest BCUT2D eigenvalue weighted by molar-refractivity contribution is 0.104. The van der Waals surface area contributed by atoms with Crippen LogP contribution in [0.3, 0.4) is 0 Å². The lowest BCUT2D eigenvalue weighted by atomic mass is 10.1. The van der Waals surface area contributed by atoms with Crippen molar-refractivity contribution >= 4 is 33.5 Å². The van der Waals surface area contributed by atoms with Crippen LogP contribution < -0.4 is 23.8 Å². The number of hydrogen-bond acceptors (Lipinski definition) is 6. The first-order valence-electron chi connectivity index (χ1n) is 8.43. The van der Waals surface area contributed by atoms with Crippen LogP contribution >= 0.6 is 15.9 Å². The molecule has 0 N–H and O–H groups in total. The van der Waals surface area contributed by atoms with Gasteiger partial charge in [-0.3, -0.25) is 4.79 Å². The van der Waals surface area contributed by atoms with Crippen LogP contribution in [0.4, 0.5) is 5.69 Å². The van der Waals surface area contributed by atoms with Gasteiger partial charge in [0, 0.05) is 31.3 Å². The minimum atomic E-state index is -0.172. The van der Waals surface area contributed by atoms with Crippen LogP contribution in [-0.4, -0.2) is 48.3 Å². The van der Waals surface area contributed by atoms with Gasteiger partial charge < -0.3 is 23.8 Å². The summed E-state index contributed by atoms with van der Waals surface area (Å²) in [6, 6.07) is 8.79. The van der Waals surface area contributed by atoms with E-state index in [-0.39, 0.29) is 5.78 Å². The molecule has 0 fully saturated rings. The highest BCUT2D eigenvalue weighted by atomic mass is 79.9. The van der Waals surface area contributed by atoms with Crippen molar-refractivity contribution in [1.29, 1.82) is 0 Å². The van der Waals surface area contributed by atoms with Gasteiger partial charge in [0.1, 0.15) is 11.5 Å². The van der Waals surface area contributed by atoms with Crippen molar-refractivity contribution < 1.29 is 23.7 Å². The molecule has 0 radical (unpaired) electrons. The molecule has 2 aromatic carbocycles. The Balaban J connectivity index is 2.48. The van der Waals surface area contributed by atoms with E-state index in [2.05, 4.69) is 15.9 Å². The van der Waals surface area contributed by atoms with Crippen LogP contribution in [0, 0.1) is 0 Å². The monoisotopic (exact) mass is 449 g/mol. The largest absolute Gasteiger partial charge is 0.497 e. The number of carbonyl (C=O) groups is 1. The van der Waals surface area contributed by atoms with E-state index in [1.807, 2.05) is 19.0 Å². The van der Waals surface area contributed by atoms with E-state index in [4.69, 9.17) is 18.9 Å². The molecule has 0 aliphatic heterocycles. The second-order valence-electron chi connectivity index (χ2n) is 6.05. The smallest absolute Gasteiger partial charge is 0.200 e. The summed E-state index contributed by atoms with van der Waals surface area (Å²) < 4.78 is 21.8. The third kappa shape index (κ3) is 4.59. The summed E-state index contributed by atoms with van der Waals surface area (Å²) in [5, 5.41) is 0. The summed E-state index contributed by atoms with van der Waals surface area (Å²) in [5.74, 6) is 2.14. The Morgan fingerprint density at radius 3 is 2.14 bits per heavy atom. The molecule has 0 aliphatic carbocycles. The molecule has 6 nitrogen and oxygen atoms in total. The molecule has 0 saturated heterocycles. The summed E-state index contributed by atoms with van der Waals surface area (Å²) >= 11 is 3.40. The summed E-state index contributed by atoms with van der Waals surface area (Å²) in [5.41, 5.74) is 2.00. The standard InChI is InChI=1S/C21H24BrNO5/c1-23(2)17-11-13(7-8-18(17)26-4)20(24)16(22)10-14-9-15(25-3)12-19(27-5)21(14)28-6/h7-12H,1-6H3. The highest BCUT2D eigenvalue weighted by Crippen LogP contribution is 2.38. The van der Waals surface area contributed by atoms with Gasteiger partial charge in [0.05, 0.1) is 38.6 Å². The molecule has 150 valence electrons. The van der Waals surface area contributed by atoms with E-state index in [0.717, 1.165) is 5.69 Å². The number of ether oxygens (including phenoxy) is 4. The van der Waals surface area contributed by atoms with Gasteiger partial charge >= 0.3 is 0 Å². The van der Waals surface area contributed by atoms with Crippen molar-refractivity contribution in [2.24, 2.45) is 0 Å². The van der Waals surface area contributed by atoms with Gasteiger partial charge in [0.15, 0.2) is 17.3 Å². The van der Waals surface area contributed by atoms with Crippen LogP contribution in [-0.2, 0) is 0 Å². The Bertz CT molecular complexity index is 893. The summed E-state index contributed by atoms with van der Waals surface area (Å²) in [7, 11) is 10.0. The van der Waals surface area contributed by atoms with Crippen LogP contribution in [0.2, 0.25) is 0 Å². The van der Waals surface area contributed by atoms with E-state index in [1.165, 1.54) is 0 Å². The number of carbonyl (C=O) groups excluding carboxylic acids is 1. The number of methoxy groups -OCH3 is 4. The number of Topliss-reactive ketones (excluding diaryl/α,β-unsaturated/α-hetero) is 1. The van der Waals surface area contributed by atoms with Gasteiger partial charge in [-0.15, -0.1) is 0 Å². The van der Waals surface area contributed by atoms with E-state index >= 15 is 0 Å². The molecule has 0 spiro atoms. The molecular weight excluding hydrogens is 426 g/mol. The van der Waals surface area contributed by atoms with E-state index < -0.39 is 0 Å². The Morgan fingerprint density at radius 1 is 0.929 bits per heavy atom. The molecule has 2 aromatic rings. The second-order valence-corrected chi connectivity index (χ2v) is 6.91. The van der Waals surface area contributed by atoms with E-state index in [0.29, 0.717) is 38.6 Å². The zero-order chi connectivity index (χ0) is 20.8. The van der Waals surface area contributed by atoms with Crippen molar-refractivity contribution in [1.82, 2.24) is 0 Å². The molecular formula is C21H24BrNO5. The molecule has 0 heterocycles. The lowest BCUT2D eigenvalue weighted by Crippen LogP contribution is -2.11. The molecule has 7 heteroatoms. The van der Waals surface area contributed by atoms with Crippen LogP contribution in [0.25, 0.3) is 6.08 Å². The number of allylic oxidation sites excluding steroid dienone is 1. The second kappa shape index (κ2) is 9.50. The first-order valence-corrected chi connectivity index (χ1v) is 9.22. The maximum Gasteiger partial charge on any atom is 0.200 e. The molecule has 2 rings (SSSR count). The molecule has 0 aliphatic rings. The SMILES string of the molecule is COc1cc(C=C(Br)C(=O)c2ccc(OC)c(N(C)C)c2)c(OC)c(OC)c1. The van der Waals surface area contributed by atoms with E-state index in [9.17, 15) is 4.79 Å². The average molecular weight is 450 g/mol. The summed E-state index contributed by atoms with van der Waals surface area (Å²) in [6.07, 6.45) is 1.69. The zero-order valence-electron chi connectivity index (χ0n) is 16.8. The number of anilines is 1. The van der Waals surface area contributed by atoms with Crippen LogP contribution in [0.5, 0.6) is 23.0 Å². The van der Waals surface area contributed by atoms with Crippen molar-refractivity contribution in [3.8, 4) is 23.0 Å². The molecule has 0 saturated carbocycles. The molecule has 0 unspecified atom stereocenters. The van der Waals surface area contributed by atoms with Crippen molar-refractivity contribution in [3.05, 3.63) is 45.9 Å². The number of nitrogens with zero attached hydrogens (tertiary/aromatic N) is 1. The van der Waals surface area contributed by atoms with Gasteiger partial charge in [-0.05, 0) is 46.3 Å². The maximum atomic E-state index is 13.0. The van der Waals surface area contributed by atoms with Crippen LogP contribution in [0.1, 0.15) is 15.9 Å². The van der Waals surface area contributed by atoms with Gasteiger partial charge in [0.25, 0.3) is 0 Å². The fraction of sp³-hybridized carbons (Fsp3) is 0.286. The number of rotatable bonds is 8. The molecule has 28 heavy (non-hydrogen) atoms. The van der Waals surface area contributed by atoms with Gasteiger partial charge in [-0.2, -0.15) is 0 Å². The third-order valence-corrected chi connectivity index (χ3v) is 4.73. The predicted molar refractivity (Wildman–Crippen MR) is 115 cm³/mol. The number of ketones is 1. The first-order chi connectivity index (χ1) is 13.4. The van der Waals surface area contributed by atoms with Gasteiger partial charge in [-0.1, -0.05) is 0 Å². The van der Waals surface area contributed by atoms with Crippen molar-refractivity contribution in [3.63, 3.8) is 0 Å². The third-order valence-electron chi connectivity index (χ3n) is 4.14. The number of benzene rings is 2. The minimum Gasteiger partial charge on any atom is -0.497 e. The Kier molecular flexibility index (Phi) is 7.34. The molecule has 0 atom stereocenters. The van der Waals surface area contributed by atoms with Crippen molar-refractivity contribution in [2.75, 3.05) is 47.4 Å². The Labute approximate surface area is 173 Å². The highest BCUT2D eigenvalue weighted by Gasteiger charge is 2.17. The summed E-state index contributed by atoms with van der Waals surface area (Å²) in [4.78, 5) is 14.8. The normalized spacial score (nSPS) is 11.0. The van der Waals surface area contributed by atoms with E-state index in [1.54, 1.807) is 64.8 Å². The fourth-order valence-corrected chi connectivity index (χ4v) is 3.19. The minimum absolute atomic E-state index is 0.172. The predicted octanol–water partition coefficient (Wildman–Crippen LogP) is 4.41. The quantitative estimate of drug-likeness (QED) is 0.439. The molecule has 0 bridgehead atoms. The first kappa shape index (κ1) is 21.6. The molecule has 0 aromatic heterocycles. The van der Waals surface area contributed by atoms with Crippen molar-refractivity contribution in [2.45, 2.75) is 0 Å². The Morgan fingerprint density at radius 2 is 1.61 bits per heavy atom. The number of halogens is 1.